The first-order valence-electron chi connectivity index (χ1n) is 4.50. The molecule has 14 heavy (non-hydrogen) atoms. The van der Waals surface area contributed by atoms with Crippen LogP contribution in [-0.2, 0) is 4.74 Å². The molecule has 4 heteroatoms. The smallest absolute Gasteiger partial charge is 0.373 e. The highest BCUT2D eigenvalue weighted by Crippen LogP contribution is 2.21. The lowest BCUT2D eigenvalue weighted by atomic mass is 10.0. The molecule has 1 aromatic heterocycles. The van der Waals surface area contributed by atoms with Crippen LogP contribution in [0.1, 0.15) is 36.2 Å². The minimum atomic E-state index is -0.479. The molecular formula is C10H15NO3. The molecule has 0 spiro atoms. The fourth-order valence-corrected chi connectivity index (χ4v) is 1.07. The van der Waals surface area contributed by atoms with Crippen molar-refractivity contribution in [2.45, 2.75) is 19.9 Å². The standard InChI is InChI=1S/C10H15NO3/c1-6(2)9(11)7-4-5-8(14-7)10(12)13-3/h4-6,9H,11H2,1-3H3/t9-/m1/s1. The monoisotopic (exact) mass is 197 g/mol. The van der Waals surface area contributed by atoms with Gasteiger partial charge in [-0.1, -0.05) is 13.8 Å². The Bertz CT molecular complexity index is 317. The van der Waals surface area contributed by atoms with Crippen LogP contribution in [0.5, 0.6) is 0 Å². The predicted octanol–water partition coefficient (Wildman–Crippen LogP) is 1.72. The van der Waals surface area contributed by atoms with Crippen molar-refractivity contribution >= 4 is 5.97 Å². The summed E-state index contributed by atoms with van der Waals surface area (Å²) in [4.78, 5) is 11.1. The molecule has 1 rings (SSSR count). The molecule has 0 aliphatic carbocycles. The molecule has 0 bridgehead atoms. The second kappa shape index (κ2) is 4.28. The maximum absolute atomic E-state index is 11.1. The molecular weight excluding hydrogens is 182 g/mol. The first-order valence-corrected chi connectivity index (χ1v) is 4.50. The molecule has 0 radical (unpaired) electrons. The molecule has 0 amide bonds. The van der Waals surface area contributed by atoms with Gasteiger partial charge in [0.05, 0.1) is 13.2 Å². The summed E-state index contributed by atoms with van der Waals surface area (Å²) in [5.74, 6) is 0.595. The number of ether oxygens (including phenoxy) is 1. The van der Waals surface area contributed by atoms with Crippen molar-refractivity contribution in [3.05, 3.63) is 23.7 Å². The number of rotatable bonds is 3. The van der Waals surface area contributed by atoms with Crippen LogP contribution in [-0.4, -0.2) is 13.1 Å². The Labute approximate surface area is 83.0 Å². The minimum absolute atomic E-state index is 0.187. The van der Waals surface area contributed by atoms with E-state index in [-0.39, 0.29) is 17.7 Å². The summed E-state index contributed by atoms with van der Waals surface area (Å²) < 4.78 is 9.78. The second-order valence-corrected chi connectivity index (χ2v) is 3.46. The minimum Gasteiger partial charge on any atom is -0.463 e. The van der Waals surface area contributed by atoms with Gasteiger partial charge in [-0.3, -0.25) is 0 Å². The fraction of sp³-hybridized carbons (Fsp3) is 0.500. The van der Waals surface area contributed by atoms with E-state index in [1.54, 1.807) is 12.1 Å². The number of esters is 1. The number of methoxy groups -OCH3 is 1. The number of hydrogen-bond donors (Lipinski definition) is 1. The fourth-order valence-electron chi connectivity index (χ4n) is 1.07. The zero-order chi connectivity index (χ0) is 10.7. The zero-order valence-corrected chi connectivity index (χ0v) is 8.61. The van der Waals surface area contributed by atoms with Crippen LogP contribution in [0.25, 0.3) is 0 Å². The van der Waals surface area contributed by atoms with Gasteiger partial charge in [0.15, 0.2) is 0 Å². The Morgan fingerprint density at radius 1 is 1.50 bits per heavy atom. The van der Waals surface area contributed by atoms with E-state index >= 15 is 0 Å². The van der Waals surface area contributed by atoms with E-state index in [1.165, 1.54) is 7.11 Å². The molecule has 0 fully saturated rings. The summed E-state index contributed by atoms with van der Waals surface area (Å²) in [5.41, 5.74) is 5.85. The lowest BCUT2D eigenvalue weighted by Gasteiger charge is -2.11. The highest BCUT2D eigenvalue weighted by molar-refractivity contribution is 5.86. The van der Waals surface area contributed by atoms with Gasteiger partial charge in [-0.15, -0.1) is 0 Å². The van der Waals surface area contributed by atoms with Crippen molar-refractivity contribution in [1.82, 2.24) is 0 Å². The van der Waals surface area contributed by atoms with E-state index in [0.29, 0.717) is 5.76 Å². The van der Waals surface area contributed by atoms with Crippen LogP contribution in [0.4, 0.5) is 0 Å². The Morgan fingerprint density at radius 3 is 2.64 bits per heavy atom. The van der Waals surface area contributed by atoms with Gasteiger partial charge in [-0.05, 0) is 18.1 Å². The number of hydrogen-bond acceptors (Lipinski definition) is 4. The van der Waals surface area contributed by atoms with Gasteiger partial charge < -0.3 is 14.9 Å². The van der Waals surface area contributed by atoms with Gasteiger partial charge in [0.2, 0.25) is 5.76 Å². The summed E-state index contributed by atoms with van der Waals surface area (Å²) in [6, 6.07) is 3.09. The van der Waals surface area contributed by atoms with Crippen LogP contribution in [0.2, 0.25) is 0 Å². The van der Waals surface area contributed by atoms with Crippen LogP contribution < -0.4 is 5.73 Å². The third-order valence-corrected chi connectivity index (χ3v) is 2.06. The van der Waals surface area contributed by atoms with Crippen molar-refractivity contribution in [1.29, 1.82) is 0 Å². The van der Waals surface area contributed by atoms with Gasteiger partial charge in [-0.25, -0.2) is 4.79 Å². The van der Waals surface area contributed by atoms with E-state index < -0.39 is 5.97 Å². The third kappa shape index (κ3) is 2.14. The molecule has 1 atom stereocenters. The van der Waals surface area contributed by atoms with Crippen LogP contribution in [0.15, 0.2) is 16.5 Å². The average Bonchev–Trinajstić information content (AvgIpc) is 2.64. The van der Waals surface area contributed by atoms with Gasteiger partial charge in [-0.2, -0.15) is 0 Å². The van der Waals surface area contributed by atoms with Crippen LogP contribution in [0, 0.1) is 5.92 Å². The Balaban J connectivity index is 2.82. The molecule has 0 unspecified atom stereocenters. The summed E-state index contributed by atoms with van der Waals surface area (Å²) in [5, 5.41) is 0. The maximum atomic E-state index is 11.1. The van der Waals surface area contributed by atoms with Gasteiger partial charge in [0, 0.05) is 0 Å². The zero-order valence-electron chi connectivity index (χ0n) is 8.61. The second-order valence-electron chi connectivity index (χ2n) is 3.46. The molecule has 78 valence electrons. The molecule has 0 aliphatic rings. The predicted molar refractivity (Wildman–Crippen MR) is 51.8 cm³/mol. The van der Waals surface area contributed by atoms with E-state index in [1.807, 2.05) is 13.8 Å². The van der Waals surface area contributed by atoms with E-state index in [4.69, 9.17) is 10.2 Å². The first-order chi connectivity index (χ1) is 6.56. The Hall–Kier alpha value is -1.29. The molecule has 0 saturated heterocycles. The van der Waals surface area contributed by atoms with E-state index in [0.717, 1.165) is 0 Å². The van der Waals surface area contributed by atoms with Crippen molar-refractivity contribution < 1.29 is 13.9 Å². The SMILES string of the molecule is COC(=O)c1ccc([C@H](N)C(C)C)o1. The van der Waals surface area contributed by atoms with Crippen molar-refractivity contribution in [3.63, 3.8) is 0 Å². The molecule has 1 aromatic rings. The van der Waals surface area contributed by atoms with Gasteiger partial charge in [0.25, 0.3) is 0 Å². The third-order valence-electron chi connectivity index (χ3n) is 2.06. The van der Waals surface area contributed by atoms with Crippen LogP contribution in [0.3, 0.4) is 0 Å². The van der Waals surface area contributed by atoms with E-state index in [2.05, 4.69) is 4.74 Å². The number of carbonyl (C=O) groups is 1. The number of furan rings is 1. The molecule has 0 aromatic carbocycles. The van der Waals surface area contributed by atoms with Gasteiger partial charge in [0.1, 0.15) is 5.76 Å². The summed E-state index contributed by atoms with van der Waals surface area (Å²) >= 11 is 0. The number of nitrogens with two attached hydrogens (primary N) is 1. The highest BCUT2D eigenvalue weighted by atomic mass is 16.5. The largest absolute Gasteiger partial charge is 0.463 e. The summed E-state index contributed by atoms with van der Waals surface area (Å²) in [6.45, 7) is 3.98. The molecule has 0 saturated carbocycles. The highest BCUT2D eigenvalue weighted by Gasteiger charge is 2.17. The molecule has 1 heterocycles. The quantitative estimate of drug-likeness (QED) is 0.749. The molecule has 2 N–H and O–H groups in total. The molecule has 4 nitrogen and oxygen atoms in total. The summed E-state index contributed by atoms with van der Waals surface area (Å²) in [7, 11) is 1.31. The Morgan fingerprint density at radius 2 is 2.14 bits per heavy atom. The van der Waals surface area contributed by atoms with Crippen molar-refractivity contribution in [2.75, 3.05) is 7.11 Å². The van der Waals surface area contributed by atoms with Crippen molar-refractivity contribution in [3.8, 4) is 0 Å². The normalized spacial score (nSPS) is 12.9. The topological polar surface area (TPSA) is 65.5 Å². The van der Waals surface area contributed by atoms with E-state index in [9.17, 15) is 4.79 Å². The van der Waals surface area contributed by atoms with Crippen molar-refractivity contribution in [2.24, 2.45) is 11.7 Å². The van der Waals surface area contributed by atoms with Crippen LogP contribution >= 0.6 is 0 Å². The lowest BCUT2D eigenvalue weighted by molar-refractivity contribution is 0.0562. The first kappa shape index (κ1) is 10.8. The lowest BCUT2D eigenvalue weighted by Crippen LogP contribution is -2.15. The average molecular weight is 197 g/mol. The Kier molecular flexibility index (Phi) is 3.30. The number of carbonyl (C=O) groups excluding carboxylic acids is 1. The maximum Gasteiger partial charge on any atom is 0.373 e. The summed E-state index contributed by atoms with van der Waals surface area (Å²) in [6.07, 6.45) is 0. The van der Waals surface area contributed by atoms with Gasteiger partial charge >= 0.3 is 5.97 Å². The molecule has 0 aliphatic heterocycles.